The third-order valence-corrected chi connectivity index (χ3v) is 2.69. The molecular formula is C9H13NO. The quantitative estimate of drug-likeness (QED) is 0.571. The van der Waals surface area contributed by atoms with E-state index < -0.39 is 0 Å². The summed E-state index contributed by atoms with van der Waals surface area (Å²) in [6.45, 7) is 0. The summed E-state index contributed by atoms with van der Waals surface area (Å²) in [6.07, 6.45) is 8.16. The van der Waals surface area contributed by atoms with Gasteiger partial charge < -0.3 is 5.32 Å². The number of carbonyl (C=O) groups excluding carboxylic acids is 1. The van der Waals surface area contributed by atoms with Crippen molar-refractivity contribution in [2.24, 2.45) is 5.92 Å². The highest BCUT2D eigenvalue weighted by molar-refractivity contribution is 5.73. The van der Waals surface area contributed by atoms with Gasteiger partial charge in [-0.1, -0.05) is 18.9 Å². The lowest BCUT2D eigenvalue weighted by atomic mass is 9.86. The number of aldehydes is 1. The van der Waals surface area contributed by atoms with Crippen LogP contribution in [-0.2, 0) is 4.79 Å². The van der Waals surface area contributed by atoms with Gasteiger partial charge >= 0.3 is 0 Å². The minimum atomic E-state index is 0.573. The molecule has 0 unspecified atom stereocenters. The van der Waals surface area contributed by atoms with Gasteiger partial charge in [0.15, 0.2) is 6.29 Å². The Bertz CT molecular complexity index is 198. The minimum Gasteiger partial charge on any atom is -0.379 e. The van der Waals surface area contributed by atoms with Crippen molar-refractivity contribution in [3.05, 3.63) is 11.8 Å². The zero-order chi connectivity index (χ0) is 7.68. The Balaban J connectivity index is 2.07. The number of hydrogen-bond donors (Lipinski definition) is 1. The fourth-order valence-corrected chi connectivity index (χ4v) is 2.10. The number of rotatable bonds is 1. The molecule has 1 saturated carbocycles. The topological polar surface area (TPSA) is 29.1 Å². The molecule has 11 heavy (non-hydrogen) atoms. The van der Waals surface area contributed by atoms with Crippen molar-refractivity contribution in [1.29, 1.82) is 0 Å². The Labute approximate surface area is 66.7 Å². The number of nitrogens with one attached hydrogen (secondary N) is 1. The Kier molecular flexibility index (Phi) is 1.68. The maximum atomic E-state index is 10.4. The Hall–Kier alpha value is -0.790. The van der Waals surface area contributed by atoms with Gasteiger partial charge in [-0.05, 0) is 18.8 Å². The van der Waals surface area contributed by atoms with Crippen LogP contribution in [-0.4, -0.2) is 12.3 Å². The molecule has 60 valence electrons. The third kappa shape index (κ3) is 1.17. The molecule has 1 N–H and O–H groups in total. The van der Waals surface area contributed by atoms with E-state index in [0.717, 1.165) is 12.0 Å². The first kappa shape index (κ1) is 6.89. The van der Waals surface area contributed by atoms with Crippen LogP contribution in [0.4, 0.5) is 0 Å². The van der Waals surface area contributed by atoms with E-state index in [1.165, 1.54) is 25.7 Å². The van der Waals surface area contributed by atoms with Crippen LogP contribution >= 0.6 is 0 Å². The summed E-state index contributed by atoms with van der Waals surface area (Å²) in [5, 5.41) is 3.24. The largest absolute Gasteiger partial charge is 0.379 e. The lowest BCUT2D eigenvalue weighted by molar-refractivity contribution is -0.105. The van der Waals surface area contributed by atoms with Crippen molar-refractivity contribution in [3.8, 4) is 0 Å². The van der Waals surface area contributed by atoms with Gasteiger partial charge in [0.1, 0.15) is 0 Å². The average molecular weight is 151 g/mol. The lowest BCUT2D eigenvalue weighted by Gasteiger charge is -2.24. The predicted octanol–water partition coefficient (Wildman–Crippen LogP) is 1.23. The van der Waals surface area contributed by atoms with Crippen molar-refractivity contribution in [2.45, 2.75) is 31.7 Å². The molecule has 0 amide bonds. The van der Waals surface area contributed by atoms with E-state index in [2.05, 4.69) is 11.4 Å². The molecule has 2 heteroatoms. The van der Waals surface area contributed by atoms with E-state index >= 15 is 0 Å². The number of carbonyl (C=O) groups is 1. The van der Waals surface area contributed by atoms with Gasteiger partial charge in [0.2, 0.25) is 0 Å². The molecule has 2 atom stereocenters. The monoisotopic (exact) mass is 151 g/mol. The van der Waals surface area contributed by atoms with Gasteiger partial charge in [-0.25, -0.2) is 0 Å². The van der Waals surface area contributed by atoms with E-state index in [9.17, 15) is 4.79 Å². The van der Waals surface area contributed by atoms with Crippen LogP contribution in [0.2, 0.25) is 0 Å². The molecule has 1 fully saturated rings. The highest BCUT2D eigenvalue weighted by Crippen LogP contribution is 2.30. The molecule has 0 aromatic rings. The number of fused-ring (bicyclic) bond motifs is 1. The molecular weight excluding hydrogens is 138 g/mol. The normalized spacial score (nSPS) is 35.5. The molecule has 2 nitrogen and oxygen atoms in total. The molecule has 0 saturated heterocycles. The van der Waals surface area contributed by atoms with Crippen molar-refractivity contribution < 1.29 is 4.79 Å². The average Bonchev–Trinajstić information content (AvgIpc) is 2.46. The standard InChI is InChI=1S/C9H13NO/c11-6-8-5-7-3-1-2-4-9(7)10-8/h5-7,9-10H,1-4H2/t7-,9-/m1/s1. The highest BCUT2D eigenvalue weighted by Gasteiger charge is 2.28. The van der Waals surface area contributed by atoms with Gasteiger partial charge in [-0.15, -0.1) is 0 Å². The number of hydrogen-bond acceptors (Lipinski definition) is 2. The Morgan fingerprint density at radius 3 is 3.00 bits per heavy atom. The smallest absolute Gasteiger partial charge is 0.165 e. The molecule has 0 spiro atoms. The van der Waals surface area contributed by atoms with Gasteiger partial charge in [0, 0.05) is 6.04 Å². The predicted molar refractivity (Wildman–Crippen MR) is 43.0 cm³/mol. The van der Waals surface area contributed by atoms with Gasteiger partial charge in [0.05, 0.1) is 5.70 Å². The summed E-state index contributed by atoms with van der Waals surface area (Å²) in [7, 11) is 0. The molecule has 0 aromatic carbocycles. The first-order valence-corrected chi connectivity index (χ1v) is 4.33. The maximum absolute atomic E-state index is 10.4. The second-order valence-corrected chi connectivity index (χ2v) is 3.44. The summed E-state index contributed by atoms with van der Waals surface area (Å²) in [5.41, 5.74) is 0.807. The maximum Gasteiger partial charge on any atom is 0.165 e. The Morgan fingerprint density at radius 1 is 1.45 bits per heavy atom. The molecule has 2 rings (SSSR count). The molecule has 0 bridgehead atoms. The van der Waals surface area contributed by atoms with Crippen LogP contribution in [0.15, 0.2) is 11.8 Å². The van der Waals surface area contributed by atoms with Crippen LogP contribution in [0.3, 0.4) is 0 Å². The summed E-state index contributed by atoms with van der Waals surface area (Å²) >= 11 is 0. The second-order valence-electron chi connectivity index (χ2n) is 3.44. The van der Waals surface area contributed by atoms with Crippen LogP contribution in [0.25, 0.3) is 0 Å². The molecule has 0 radical (unpaired) electrons. The van der Waals surface area contributed by atoms with E-state index in [1.807, 2.05) is 0 Å². The zero-order valence-corrected chi connectivity index (χ0v) is 6.55. The summed E-state index contributed by atoms with van der Waals surface area (Å²) < 4.78 is 0. The summed E-state index contributed by atoms with van der Waals surface area (Å²) in [4.78, 5) is 10.4. The number of allylic oxidation sites excluding steroid dienone is 1. The molecule has 1 aliphatic carbocycles. The highest BCUT2D eigenvalue weighted by atomic mass is 16.1. The zero-order valence-electron chi connectivity index (χ0n) is 6.55. The van der Waals surface area contributed by atoms with Crippen molar-refractivity contribution >= 4 is 6.29 Å². The molecule has 1 heterocycles. The van der Waals surface area contributed by atoms with Crippen molar-refractivity contribution in [3.63, 3.8) is 0 Å². The SMILES string of the molecule is O=CC1=C[C@H]2CCCC[C@H]2N1. The Morgan fingerprint density at radius 2 is 2.27 bits per heavy atom. The summed E-state index contributed by atoms with van der Waals surface area (Å²) in [5.74, 6) is 0.643. The fourth-order valence-electron chi connectivity index (χ4n) is 2.10. The van der Waals surface area contributed by atoms with Crippen molar-refractivity contribution in [2.75, 3.05) is 0 Å². The lowest BCUT2D eigenvalue weighted by Crippen LogP contribution is -2.31. The van der Waals surface area contributed by atoms with Crippen LogP contribution in [0.1, 0.15) is 25.7 Å². The van der Waals surface area contributed by atoms with Crippen molar-refractivity contribution in [1.82, 2.24) is 5.32 Å². The van der Waals surface area contributed by atoms with Gasteiger partial charge in [-0.3, -0.25) is 4.79 Å². The summed E-state index contributed by atoms with van der Waals surface area (Å²) in [6, 6.07) is 0.573. The molecule has 2 aliphatic rings. The first-order valence-electron chi connectivity index (χ1n) is 4.33. The minimum absolute atomic E-state index is 0.573. The van der Waals surface area contributed by atoms with E-state index in [4.69, 9.17) is 0 Å². The van der Waals surface area contributed by atoms with Gasteiger partial charge in [-0.2, -0.15) is 0 Å². The van der Waals surface area contributed by atoms with Crippen LogP contribution < -0.4 is 5.32 Å². The van der Waals surface area contributed by atoms with Gasteiger partial charge in [0.25, 0.3) is 0 Å². The molecule has 0 aromatic heterocycles. The fraction of sp³-hybridized carbons (Fsp3) is 0.667. The third-order valence-electron chi connectivity index (χ3n) is 2.69. The van der Waals surface area contributed by atoms with E-state index in [0.29, 0.717) is 12.0 Å². The van der Waals surface area contributed by atoms with E-state index in [1.54, 1.807) is 0 Å². The van der Waals surface area contributed by atoms with Crippen LogP contribution in [0.5, 0.6) is 0 Å². The molecule has 1 aliphatic heterocycles. The van der Waals surface area contributed by atoms with E-state index in [-0.39, 0.29) is 0 Å². The van der Waals surface area contributed by atoms with Crippen LogP contribution in [0, 0.1) is 5.92 Å². The second kappa shape index (κ2) is 2.68. The first-order chi connectivity index (χ1) is 5.40.